The molecule has 0 spiro atoms. The number of hydrogen-bond donors (Lipinski definition) is 1. The predicted molar refractivity (Wildman–Crippen MR) is 56.7 cm³/mol. The van der Waals surface area contributed by atoms with E-state index in [4.69, 9.17) is 4.74 Å². The normalized spacial score (nSPS) is 9.40. The highest BCUT2D eigenvalue weighted by atomic mass is 16.5. The summed E-state index contributed by atoms with van der Waals surface area (Å²) in [6.07, 6.45) is 1.36. The smallest absolute Gasteiger partial charge is 0.338 e. The standard InChI is InChI=1S/C11H13NO3/c1-2-6-15-11(14)9-4-3-5-10(7-9)12-8-13/h3-5,7-8H,2,6H2,1H3,(H,12,13). The van der Waals surface area contributed by atoms with Gasteiger partial charge in [-0.1, -0.05) is 13.0 Å². The van der Waals surface area contributed by atoms with Crippen molar-refractivity contribution in [1.82, 2.24) is 0 Å². The minimum absolute atomic E-state index is 0.369. The van der Waals surface area contributed by atoms with Gasteiger partial charge in [-0.3, -0.25) is 4.79 Å². The Morgan fingerprint density at radius 3 is 3.00 bits per heavy atom. The lowest BCUT2D eigenvalue weighted by atomic mass is 10.2. The molecule has 4 heteroatoms. The molecular formula is C11H13NO3. The van der Waals surface area contributed by atoms with Crippen molar-refractivity contribution in [1.29, 1.82) is 0 Å². The molecule has 0 bridgehead atoms. The number of carbonyl (C=O) groups excluding carboxylic acids is 2. The predicted octanol–water partition coefficient (Wildman–Crippen LogP) is 1.82. The van der Waals surface area contributed by atoms with E-state index in [1.807, 2.05) is 6.92 Å². The Hall–Kier alpha value is -1.84. The third kappa shape index (κ3) is 3.42. The average molecular weight is 207 g/mol. The van der Waals surface area contributed by atoms with Gasteiger partial charge in [0.2, 0.25) is 6.41 Å². The van der Waals surface area contributed by atoms with Gasteiger partial charge in [-0.15, -0.1) is 0 Å². The summed E-state index contributed by atoms with van der Waals surface area (Å²) < 4.78 is 4.96. The molecular weight excluding hydrogens is 194 g/mol. The van der Waals surface area contributed by atoms with E-state index in [0.29, 0.717) is 24.3 Å². The summed E-state index contributed by atoms with van der Waals surface area (Å²) in [4.78, 5) is 21.6. The number of hydrogen-bond acceptors (Lipinski definition) is 3. The molecule has 0 saturated carbocycles. The molecule has 0 heterocycles. The number of amides is 1. The van der Waals surface area contributed by atoms with Gasteiger partial charge in [0.1, 0.15) is 0 Å². The van der Waals surface area contributed by atoms with Crippen LogP contribution in [0.5, 0.6) is 0 Å². The molecule has 0 saturated heterocycles. The number of benzene rings is 1. The number of ether oxygens (including phenoxy) is 1. The van der Waals surface area contributed by atoms with Crippen molar-refractivity contribution >= 4 is 18.1 Å². The Bertz CT molecular complexity index is 349. The van der Waals surface area contributed by atoms with Crippen LogP contribution < -0.4 is 5.32 Å². The third-order valence-corrected chi connectivity index (χ3v) is 1.76. The summed E-state index contributed by atoms with van der Waals surface area (Å²) in [5.74, 6) is -0.369. The van der Waals surface area contributed by atoms with Gasteiger partial charge in [0.05, 0.1) is 12.2 Å². The zero-order chi connectivity index (χ0) is 11.1. The van der Waals surface area contributed by atoms with E-state index in [1.165, 1.54) is 0 Å². The van der Waals surface area contributed by atoms with Crippen LogP contribution in [-0.2, 0) is 9.53 Å². The average Bonchev–Trinajstić information content (AvgIpc) is 2.27. The molecule has 1 rings (SSSR count). The van der Waals surface area contributed by atoms with E-state index in [-0.39, 0.29) is 5.97 Å². The maximum Gasteiger partial charge on any atom is 0.338 e. The molecule has 0 aromatic heterocycles. The number of nitrogens with one attached hydrogen (secondary N) is 1. The Morgan fingerprint density at radius 1 is 1.53 bits per heavy atom. The first-order valence-electron chi connectivity index (χ1n) is 4.75. The van der Waals surface area contributed by atoms with Gasteiger partial charge >= 0.3 is 5.97 Å². The van der Waals surface area contributed by atoms with Crippen LogP contribution in [0.1, 0.15) is 23.7 Å². The third-order valence-electron chi connectivity index (χ3n) is 1.76. The molecule has 1 aromatic rings. The fourth-order valence-corrected chi connectivity index (χ4v) is 1.08. The number of rotatable bonds is 5. The summed E-state index contributed by atoms with van der Waals surface area (Å²) in [5.41, 5.74) is 1.02. The van der Waals surface area contributed by atoms with Gasteiger partial charge in [-0.05, 0) is 24.6 Å². The molecule has 0 aliphatic rings. The first kappa shape index (κ1) is 11.2. The lowest BCUT2D eigenvalue weighted by molar-refractivity contribution is -0.105. The lowest BCUT2D eigenvalue weighted by Gasteiger charge is -2.04. The largest absolute Gasteiger partial charge is 0.462 e. The summed E-state index contributed by atoms with van der Waals surface area (Å²) in [6, 6.07) is 6.61. The van der Waals surface area contributed by atoms with Gasteiger partial charge in [0.15, 0.2) is 0 Å². The number of esters is 1. The Balaban J connectivity index is 2.71. The first-order chi connectivity index (χ1) is 7.27. The molecule has 0 atom stereocenters. The molecule has 0 aliphatic heterocycles. The number of carbonyl (C=O) groups is 2. The van der Waals surface area contributed by atoms with E-state index < -0.39 is 0 Å². The second-order valence-corrected chi connectivity index (χ2v) is 2.98. The summed E-state index contributed by atoms with van der Waals surface area (Å²) in [6.45, 7) is 2.34. The second-order valence-electron chi connectivity index (χ2n) is 2.98. The van der Waals surface area contributed by atoms with Crippen LogP contribution in [0.25, 0.3) is 0 Å². The van der Waals surface area contributed by atoms with Crippen LogP contribution in [-0.4, -0.2) is 19.0 Å². The molecule has 0 unspecified atom stereocenters. The Morgan fingerprint density at radius 2 is 2.33 bits per heavy atom. The maximum absolute atomic E-state index is 11.4. The van der Waals surface area contributed by atoms with Crippen LogP contribution in [0.3, 0.4) is 0 Å². The molecule has 1 aromatic carbocycles. The molecule has 15 heavy (non-hydrogen) atoms. The van der Waals surface area contributed by atoms with Gasteiger partial charge in [0.25, 0.3) is 0 Å². The van der Waals surface area contributed by atoms with Crippen molar-refractivity contribution in [2.45, 2.75) is 13.3 Å². The molecule has 4 nitrogen and oxygen atoms in total. The molecule has 1 amide bonds. The van der Waals surface area contributed by atoms with Crippen LogP contribution >= 0.6 is 0 Å². The maximum atomic E-state index is 11.4. The monoisotopic (exact) mass is 207 g/mol. The van der Waals surface area contributed by atoms with Crippen LogP contribution in [0.2, 0.25) is 0 Å². The van der Waals surface area contributed by atoms with Crippen molar-refractivity contribution in [3.63, 3.8) is 0 Å². The minimum Gasteiger partial charge on any atom is -0.462 e. The van der Waals surface area contributed by atoms with Crippen molar-refractivity contribution in [2.24, 2.45) is 0 Å². The topological polar surface area (TPSA) is 55.4 Å². The highest BCUT2D eigenvalue weighted by Crippen LogP contribution is 2.10. The van der Waals surface area contributed by atoms with Crippen molar-refractivity contribution in [3.8, 4) is 0 Å². The SMILES string of the molecule is CCCOC(=O)c1cccc(NC=O)c1. The highest BCUT2D eigenvalue weighted by Gasteiger charge is 2.06. The van der Waals surface area contributed by atoms with Gasteiger partial charge in [-0.25, -0.2) is 4.79 Å². The van der Waals surface area contributed by atoms with E-state index in [2.05, 4.69) is 5.32 Å². The van der Waals surface area contributed by atoms with Crippen LogP contribution in [0.15, 0.2) is 24.3 Å². The van der Waals surface area contributed by atoms with Gasteiger partial charge < -0.3 is 10.1 Å². The van der Waals surface area contributed by atoms with Crippen molar-refractivity contribution in [3.05, 3.63) is 29.8 Å². The molecule has 80 valence electrons. The summed E-state index contributed by atoms with van der Waals surface area (Å²) in [5, 5.41) is 2.47. The van der Waals surface area contributed by atoms with Gasteiger partial charge in [0, 0.05) is 5.69 Å². The van der Waals surface area contributed by atoms with Crippen molar-refractivity contribution < 1.29 is 14.3 Å². The second kappa shape index (κ2) is 5.80. The van der Waals surface area contributed by atoms with E-state index in [0.717, 1.165) is 6.42 Å². The molecule has 0 fully saturated rings. The molecule has 1 N–H and O–H groups in total. The number of anilines is 1. The molecule has 0 aliphatic carbocycles. The Kier molecular flexibility index (Phi) is 4.34. The van der Waals surface area contributed by atoms with E-state index in [9.17, 15) is 9.59 Å². The van der Waals surface area contributed by atoms with Crippen LogP contribution in [0, 0.1) is 0 Å². The van der Waals surface area contributed by atoms with Gasteiger partial charge in [-0.2, -0.15) is 0 Å². The lowest BCUT2D eigenvalue weighted by Crippen LogP contribution is -2.06. The summed E-state index contributed by atoms with van der Waals surface area (Å²) in [7, 11) is 0. The fraction of sp³-hybridized carbons (Fsp3) is 0.273. The zero-order valence-electron chi connectivity index (χ0n) is 8.53. The first-order valence-corrected chi connectivity index (χ1v) is 4.75. The minimum atomic E-state index is -0.369. The highest BCUT2D eigenvalue weighted by molar-refractivity contribution is 5.91. The Labute approximate surface area is 88.2 Å². The molecule has 0 radical (unpaired) electrons. The van der Waals surface area contributed by atoms with Crippen LogP contribution in [0.4, 0.5) is 5.69 Å². The zero-order valence-corrected chi connectivity index (χ0v) is 8.53. The van der Waals surface area contributed by atoms with E-state index in [1.54, 1.807) is 24.3 Å². The quantitative estimate of drug-likeness (QED) is 0.592. The van der Waals surface area contributed by atoms with E-state index >= 15 is 0 Å². The fourth-order valence-electron chi connectivity index (χ4n) is 1.08. The summed E-state index contributed by atoms with van der Waals surface area (Å²) >= 11 is 0. The van der Waals surface area contributed by atoms with Crippen molar-refractivity contribution in [2.75, 3.05) is 11.9 Å².